The highest BCUT2D eigenvalue weighted by Crippen LogP contribution is 2.47. The molecule has 2 aliphatic carbocycles. The highest BCUT2D eigenvalue weighted by molar-refractivity contribution is 6.40. The summed E-state index contributed by atoms with van der Waals surface area (Å²) in [6, 6.07) is 0.133. The van der Waals surface area contributed by atoms with Crippen molar-refractivity contribution >= 4 is 11.6 Å². The van der Waals surface area contributed by atoms with Crippen LogP contribution in [0, 0.1) is 12.8 Å². The lowest BCUT2D eigenvalue weighted by Crippen LogP contribution is -2.42. The minimum absolute atomic E-state index is 0.000868. The number of primary amides is 1. The lowest BCUT2D eigenvalue weighted by molar-refractivity contribution is -0.112. The van der Waals surface area contributed by atoms with Crippen LogP contribution in [-0.4, -0.2) is 27.9 Å². The Bertz CT molecular complexity index is 918. The number of dihydropyridines is 1. The maximum Gasteiger partial charge on any atom is 0.265 e. The topological polar surface area (TPSA) is 108 Å². The lowest BCUT2D eigenvalue weighted by Gasteiger charge is -2.40. The minimum atomic E-state index is -0.446. The van der Waals surface area contributed by atoms with E-state index < -0.39 is 5.91 Å². The summed E-state index contributed by atoms with van der Waals surface area (Å²) in [5.41, 5.74) is 16.5. The van der Waals surface area contributed by atoms with Gasteiger partial charge < -0.3 is 16.5 Å². The van der Waals surface area contributed by atoms with Crippen LogP contribution >= 0.6 is 0 Å². The van der Waals surface area contributed by atoms with Crippen LogP contribution in [0.5, 0.6) is 0 Å². The summed E-state index contributed by atoms with van der Waals surface area (Å²) in [5.74, 6) is -0.549. The van der Waals surface area contributed by atoms with Crippen LogP contribution < -0.4 is 16.5 Å². The van der Waals surface area contributed by atoms with Gasteiger partial charge in [-0.05, 0) is 55.4 Å². The van der Waals surface area contributed by atoms with Gasteiger partial charge in [-0.2, -0.15) is 10.2 Å². The quantitative estimate of drug-likeness (QED) is 0.648. The fourth-order valence-corrected chi connectivity index (χ4v) is 4.78. The van der Waals surface area contributed by atoms with Crippen LogP contribution in [-0.2, 0) is 4.79 Å². The number of rotatable bonds is 2. The SMILES string of the molecule is Cc1[nH]ncc1C1NC2=C(C3=C1CCCC3)C1C(C(N)=O)=NNC1C=C2. The van der Waals surface area contributed by atoms with Gasteiger partial charge in [0.25, 0.3) is 5.91 Å². The van der Waals surface area contributed by atoms with Gasteiger partial charge in [0.1, 0.15) is 5.71 Å². The van der Waals surface area contributed by atoms with E-state index in [0.717, 1.165) is 24.2 Å². The van der Waals surface area contributed by atoms with Crippen molar-refractivity contribution in [3.8, 4) is 0 Å². The Kier molecular flexibility index (Phi) is 3.32. The molecule has 3 unspecified atom stereocenters. The van der Waals surface area contributed by atoms with Crippen LogP contribution in [0.3, 0.4) is 0 Å². The third kappa shape index (κ3) is 2.09. The average molecular weight is 350 g/mol. The van der Waals surface area contributed by atoms with Gasteiger partial charge in [0.05, 0.1) is 24.2 Å². The number of aryl methyl sites for hydroxylation is 1. The van der Waals surface area contributed by atoms with E-state index in [1.165, 1.54) is 35.1 Å². The van der Waals surface area contributed by atoms with E-state index in [9.17, 15) is 4.79 Å². The van der Waals surface area contributed by atoms with E-state index in [1.54, 1.807) is 0 Å². The molecule has 5 N–H and O–H groups in total. The number of carbonyl (C=O) groups is 1. The number of fused-ring (bicyclic) bond motifs is 3. The molecule has 7 nitrogen and oxygen atoms in total. The number of allylic oxidation sites excluding steroid dienone is 2. The molecule has 5 rings (SSSR count). The molecule has 0 aromatic carbocycles. The molecule has 0 radical (unpaired) electrons. The second-order valence-electron chi connectivity index (χ2n) is 7.42. The summed E-state index contributed by atoms with van der Waals surface area (Å²) in [7, 11) is 0. The first kappa shape index (κ1) is 15.4. The van der Waals surface area contributed by atoms with Crippen LogP contribution in [0.4, 0.5) is 0 Å². The number of nitrogens with one attached hydrogen (secondary N) is 3. The Hall–Kier alpha value is -2.83. The molecule has 0 saturated carbocycles. The maximum atomic E-state index is 11.9. The second-order valence-corrected chi connectivity index (χ2v) is 7.42. The number of H-pyrrole nitrogens is 1. The maximum absolute atomic E-state index is 11.9. The highest BCUT2D eigenvalue weighted by Gasteiger charge is 2.44. The molecule has 3 heterocycles. The molecule has 0 fully saturated rings. The third-order valence-corrected chi connectivity index (χ3v) is 5.98. The van der Waals surface area contributed by atoms with Crippen molar-refractivity contribution in [2.45, 2.75) is 44.7 Å². The van der Waals surface area contributed by atoms with Crippen LogP contribution in [0.25, 0.3) is 0 Å². The number of hydrogen-bond acceptors (Lipinski definition) is 5. The van der Waals surface area contributed by atoms with Gasteiger partial charge in [0.15, 0.2) is 0 Å². The van der Waals surface area contributed by atoms with Gasteiger partial charge in [-0.15, -0.1) is 0 Å². The molecule has 1 aromatic rings. The molecule has 7 heteroatoms. The fourth-order valence-electron chi connectivity index (χ4n) is 4.78. The summed E-state index contributed by atoms with van der Waals surface area (Å²) >= 11 is 0. The molecular formula is C19H22N6O. The highest BCUT2D eigenvalue weighted by atomic mass is 16.1. The van der Waals surface area contributed by atoms with Crippen molar-refractivity contribution in [3.05, 3.63) is 52.0 Å². The van der Waals surface area contributed by atoms with Crippen molar-refractivity contribution < 1.29 is 4.79 Å². The second kappa shape index (κ2) is 5.59. The minimum Gasteiger partial charge on any atom is -0.374 e. The number of hydrazone groups is 1. The lowest BCUT2D eigenvalue weighted by atomic mass is 9.71. The number of aromatic nitrogens is 2. The van der Waals surface area contributed by atoms with E-state index in [-0.39, 0.29) is 18.0 Å². The first-order valence-corrected chi connectivity index (χ1v) is 9.19. The fraction of sp³-hybridized carbons (Fsp3) is 0.421. The molecule has 0 bridgehead atoms. The average Bonchev–Trinajstić information content (AvgIpc) is 3.26. The zero-order valence-electron chi connectivity index (χ0n) is 14.7. The Morgan fingerprint density at radius 2 is 2.15 bits per heavy atom. The molecule has 26 heavy (non-hydrogen) atoms. The Morgan fingerprint density at radius 3 is 2.92 bits per heavy atom. The van der Waals surface area contributed by atoms with Gasteiger partial charge in [-0.1, -0.05) is 6.08 Å². The van der Waals surface area contributed by atoms with Crippen molar-refractivity contribution in [1.29, 1.82) is 0 Å². The van der Waals surface area contributed by atoms with E-state index in [1.807, 2.05) is 6.20 Å². The van der Waals surface area contributed by atoms with E-state index in [2.05, 4.69) is 45.1 Å². The summed E-state index contributed by atoms with van der Waals surface area (Å²) in [6.45, 7) is 2.06. The van der Waals surface area contributed by atoms with Gasteiger partial charge in [0, 0.05) is 17.0 Å². The van der Waals surface area contributed by atoms with Crippen LogP contribution in [0.2, 0.25) is 0 Å². The number of amides is 1. The van der Waals surface area contributed by atoms with E-state index >= 15 is 0 Å². The van der Waals surface area contributed by atoms with Gasteiger partial charge >= 0.3 is 0 Å². The number of carbonyl (C=O) groups excluding carboxylic acids is 1. The predicted octanol–water partition coefficient (Wildman–Crippen LogP) is 1.49. The number of hydrogen-bond donors (Lipinski definition) is 4. The van der Waals surface area contributed by atoms with Crippen LogP contribution in [0.15, 0.2) is 45.9 Å². The molecule has 1 amide bonds. The van der Waals surface area contributed by atoms with Crippen molar-refractivity contribution in [3.63, 3.8) is 0 Å². The molecule has 0 spiro atoms. The van der Waals surface area contributed by atoms with Gasteiger partial charge in [-0.3, -0.25) is 9.89 Å². The number of aromatic amines is 1. The van der Waals surface area contributed by atoms with Gasteiger partial charge in [0.2, 0.25) is 0 Å². The molecule has 4 aliphatic rings. The first-order valence-electron chi connectivity index (χ1n) is 9.19. The van der Waals surface area contributed by atoms with Crippen molar-refractivity contribution in [2.24, 2.45) is 16.8 Å². The van der Waals surface area contributed by atoms with Crippen LogP contribution in [0.1, 0.15) is 43.0 Å². The van der Waals surface area contributed by atoms with Gasteiger partial charge in [-0.25, -0.2) is 0 Å². The summed E-state index contributed by atoms with van der Waals surface area (Å²) in [6.07, 6.45) is 10.6. The monoisotopic (exact) mass is 350 g/mol. The summed E-state index contributed by atoms with van der Waals surface area (Å²) < 4.78 is 0. The number of nitrogens with two attached hydrogens (primary N) is 1. The molecule has 2 aliphatic heterocycles. The molecular weight excluding hydrogens is 328 g/mol. The normalized spacial score (nSPS) is 29.4. The Labute approximate surface area is 151 Å². The van der Waals surface area contributed by atoms with E-state index in [4.69, 9.17) is 5.73 Å². The zero-order chi connectivity index (χ0) is 17.8. The summed E-state index contributed by atoms with van der Waals surface area (Å²) in [5, 5.41) is 15.2. The largest absolute Gasteiger partial charge is 0.374 e. The van der Waals surface area contributed by atoms with Crippen molar-refractivity contribution in [1.82, 2.24) is 20.9 Å². The smallest absolute Gasteiger partial charge is 0.265 e. The Balaban J connectivity index is 1.65. The third-order valence-electron chi connectivity index (χ3n) is 5.98. The van der Waals surface area contributed by atoms with Crippen molar-refractivity contribution in [2.75, 3.05) is 0 Å². The molecule has 134 valence electrons. The van der Waals surface area contributed by atoms with E-state index in [0.29, 0.717) is 5.71 Å². The Morgan fingerprint density at radius 1 is 1.31 bits per heavy atom. The molecule has 3 atom stereocenters. The summed E-state index contributed by atoms with van der Waals surface area (Å²) in [4.78, 5) is 11.9. The molecule has 0 saturated heterocycles. The zero-order valence-corrected chi connectivity index (χ0v) is 14.7. The standard InChI is InChI=1S/C19H22N6O/c1-9-12(8-21-23-9)17-11-5-3-2-4-10(11)15-13(22-17)6-7-14-16(15)18(19(20)26)25-24-14/h6-8,14,16-17,22,24H,2-5H2,1H3,(H2,20,26)(H,21,23). The number of nitrogens with zero attached hydrogens (tertiary/aromatic N) is 2. The molecule has 1 aromatic heterocycles. The predicted molar refractivity (Wildman–Crippen MR) is 97.9 cm³/mol. The first-order chi connectivity index (χ1) is 12.6.